The van der Waals surface area contributed by atoms with E-state index in [9.17, 15) is 14.4 Å². The maximum Gasteiger partial charge on any atom is 0.337 e. The molecule has 0 radical (unpaired) electrons. The standard InChI is InChI=1S/C24H22N2O5S/c1-14(23(28)30-2)17-13-26-21(27)18(25)22(26)32-20(17)24(29)31-19(15-9-5-3-6-10-15)16-11-7-4-8-12-16/h3-13,18-20,22H,1,25H2,2H3/t18-,20?,22-/m1/s1. The fourth-order valence-electron chi connectivity index (χ4n) is 3.65. The Morgan fingerprint density at radius 3 is 2.16 bits per heavy atom. The molecule has 0 spiro atoms. The van der Waals surface area contributed by atoms with Gasteiger partial charge in [-0.15, -0.1) is 11.8 Å². The topological polar surface area (TPSA) is 98.9 Å². The molecule has 2 aromatic carbocycles. The van der Waals surface area contributed by atoms with E-state index in [2.05, 4.69) is 6.58 Å². The Labute approximate surface area is 189 Å². The predicted octanol–water partition coefficient (Wildman–Crippen LogP) is 2.54. The van der Waals surface area contributed by atoms with Crippen LogP contribution in [0.3, 0.4) is 0 Å². The molecule has 2 aliphatic heterocycles. The summed E-state index contributed by atoms with van der Waals surface area (Å²) in [6.07, 6.45) is 0.811. The summed E-state index contributed by atoms with van der Waals surface area (Å²) >= 11 is 1.17. The molecule has 164 valence electrons. The van der Waals surface area contributed by atoms with Crippen LogP contribution in [-0.2, 0) is 23.9 Å². The van der Waals surface area contributed by atoms with Crippen molar-refractivity contribution in [3.63, 3.8) is 0 Å². The van der Waals surface area contributed by atoms with Gasteiger partial charge in [0.2, 0.25) is 5.91 Å². The summed E-state index contributed by atoms with van der Waals surface area (Å²) in [5.74, 6) is -1.53. The number of esters is 2. The second-order valence-corrected chi connectivity index (χ2v) is 8.60. The molecule has 1 amide bonds. The smallest absolute Gasteiger partial charge is 0.337 e. The lowest BCUT2D eigenvalue weighted by Gasteiger charge is -2.47. The number of hydrogen-bond donors (Lipinski definition) is 1. The molecule has 3 atom stereocenters. The van der Waals surface area contributed by atoms with Crippen molar-refractivity contribution >= 4 is 29.6 Å². The van der Waals surface area contributed by atoms with Gasteiger partial charge in [-0.3, -0.25) is 9.59 Å². The zero-order valence-electron chi connectivity index (χ0n) is 17.3. The van der Waals surface area contributed by atoms with Gasteiger partial charge in [0, 0.05) is 11.8 Å². The van der Waals surface area contributed by atoms with Crippen molar-refractivity contribution in [2.45, 2.75) is 22.8 Å². The van der Waals surface area contributed by atoms with Crippen LogP contribution in [0.15, 0.2) is 84.6 Å². The Kier molecular flexibility index (Phi) is 6.16. The van der Waals surface area contributed by atoms with Gasteiger partial charge in [-0.1, -0.05) is 67.2 Å². The van der Waals surface area contributed by atoms with Gasteiger partial charge < -0.3 is 20.1 Å². The number of thioether (sulfide) groups is 1. The first kappa shape index (κ1) is 21.9. The fourth-order valence-corrected chi connectivity index (χ4v) is 5.03. The summed E-state index contributed by atoms with van der Waals surface area (Å²) in [6.45, 7) is 3.77. The zero-order valence-corrected chi connectivity index (χ0v) is 18.2. The van der Waals surface area contributed by atoms with E-state index in [1.807, 2.05) is 60.7 Å². The lowest BCUT2D eigenvalue weighted by molar-refractivity contribution is -0.147. The van der Waals surface area contributed by atoms with Gasteiger partial charge in [-0.2, -0.15) is 0 Å². The van der Waals surface area contributed by atoms with E-state index in [4.69, 9.17) is 15.2 Å². The molecule has 1 fully saturated rings. The van der Waals surface area contributed by atoms with Crippen molar-refractivity contribution in [2.75, 3.05) is 7.11 Å². The van der Waals surface area contributed by atoms with Gasteiger partial charge in [0.1, 0.15) is 16.7 Å². The first-order chi connectivity index (χ1) is 15.4. The highest BCUT2D eigenvalue weighted by atomic mass is 32.2. The summed E-state index contributed by atoms with van der Waals surface area (Å²) in [5.41, 5.74) is 7.80. The van der Waals surface area contributed by atoms with E-state index in [1.165, 1.54) is 30.0 Å². The maximum absolute atomic E-state index is 13.4. The minimum atomic E-state index is -0.892. The molecule has 8 heteroatoms. The quantitative estimate of drug-likeness (QED) is 0.410. The Balaban J connectivity index is 1.66. The summed E-state index contributed by atoms with van der Waals surface area (Å²) in [5, 5.41) is -1.31. The molecule has 32 heavy (non-hydrogen) atoms. The first-order valence-corrected chi connectivity index (χ1v) is 10.9. The molecule has 0 bridgehead atoms. The predicted molar refractivity (Wildman–Crippen MR) is 120 cm³/mol. The SMILES string of the molecule is C=C(C(=O)OC)C1=CN2C(=O)[C@@H](N)[C@H]2SC1C(=O)OC(c1ccccc1)c1ccccc1. The Bertz CT molecular complexity index is 1050. The Hall–Kier alpha value is -3.36. The lowest BCUT2D eigenvalue weighted by Crippen LogP contribution is -2.67. The lowest BCUT2D eigenvalue weighted by atomic mass is 10.00. The van der Waals surface area contributed by atoms with E-state index >= 15 is 0 Å². The molecule has 2 aliphatic rings. The normalized spacial score (nSPS) is 21.8. The van der Waals surface area contributed by atoms with Crippen LogP contribution in [-0.4, -0.2) is 46.5 Å². The van der Waals surface area contributed by atoms with Gasteiger partial charge in [-0.25, -0.2) is 4.79 Å². The number of nitrogens with zero attached hydrogens (tertiary/aromatic N) is 1. The third-order valence-corrected chi connectivity index (χ3v) is 6.91. The highest BCUT2D eigenvalue weighted by Crippen LogP contribution is 2.43. The Morgan fingerprint density at radius 1 is 1.06 bits per heavy atom. The van der Waals surface area contributed by atoms with Crippen LogP contribution in [0.25, 0.3) is 0 Å². The van der Waals surface area contributed by atoms with Crippen LogP contribution in [0.5, 0.6) is 0 Å². The summed E-state index contributed by atoms with van der Waals surface area (Å²) < 4.78 is 10.8. The van der Waals surface area contributed by atoms with Gasteiger partial charge in [0.15, 0.2) is 6.10 Å². The van der Waals surface area contributed by atoms with Crippen LogP contribution in [0.2, 0.25) is 0 Å². The van der Waals surface area contributed by atoms with Crippen LogP contribution >= 0.6 is 11.8 Å². The molecular weight excluding hydrogens is 428 g/mol. The number of hydrogen-bond acceptors (Lipinski definition) is 7. The second-order valence-electron chi connectivity index (χ2n) is 7.37. The highest BCUT2D eigenvalue weighted by Gasteiger charge is 2.51. The van der Waals surface area contributed by atoms with Gasteiger partial charge >= 0.3 is 11.9 Å². The highest BCUT2D eigenvalue weighted by molar-refractivity contribution is 8.01. The summed E-state index contributed by atoms with van der Waals surface area (Å²) in [7, 11) is 1.23. The van der Waals surface area contributed by atoms with E-state index in [0.717, 1.165) is 11.1 Å². The van der Waals surface area contributed by atoms with Gasteiger partial charge in [0.25, 0.3) is 0 Å². The van der Waals surface area contributed by atoms with E-state index in [0.29, 0.717) is 0 Å². The van der Waals surface area contributed by atoms with Crippen molar-refractivity contribution in [3.8, 4) is 0 Å². The number of benzene rings is 2. The molecular formula is C24H22N2O5S. The molecule has 7 nitrogen and oxygen atoms in total. The maximum atomic E-state index is 13.4. The third kappa shape index (κ3) is 3.94. The monoisotopic (exact) mass is 450 g/mol. The number of methoxy groups -OCH3 is 1. The fraction of sp³-hybridized carbons (Fsp3) is 0.208. The molecule has 2 heterocycles. The first-order valence-electron chi connectivity index (χ1n) is 9.95. The van der Waals surface area contributed by atoms with Gasteiger partial charge in [0.05, 0.1) is 12.7 Å². The number of carbonyl (C=O) groups excluding carboxylic acids is 3. The largest absolute Gasteiger partial charge is 0.465 e. The number of fused-ring (bicyclic) bond motifs is 1. The van der Waals surface area contributed by atoms with Crippen LogP contribution < -0.4 is 5.73 Å². The Morgan fingerprint density at radius 2 is 1.62 bits per heavy atom. The molecule has 0 aliphatic carbocycles. The average Bonchev–Trinajstić information content (AvgIpc) is 2.85. The summed E-state index contributed by atoms with van der Waals surface area (Å²) in [4.78, 5) is 39.1. The zero-order chi connectivity index (χ0) is 22.8. The molecule has 1 saturated heterocycles. The molecule has 1 unspecified atom stereocenters. The minimum Gasteiger partial charge on any atom is -0.465 e. The molecule has 2 N–H and O–H groups in total. The number of nitrogens with two attached hydrogens (primary N) is 1. The second kappa shape index (κ2) is 9.02. The molecule has 0 saturated carbocycles. The van der Waals surface area contributed by atoms with Gasteiger partial charge in [-0.05, 0) is 11.1 Å². The minimum absolute atomic E-state index is 0.00959. The number of rotatable bonds is 6. The van der Waals surface area contributed by atoms with Crippen molar-refractivity contribution in [2.24, 2.45) is 5.73 Å². The van der Waals surface area contributed by atoms with Crippen molar-refractivity contribution in [3.05, 3.63) is 95.7 Å². The van der Waals surface area contributed by atoms with E-state index < -0.39 is 34.7 Å². The average molecular weight is 451 g/mol. The number of ether oxygens (including phenoxy) is 2. The number of amides is 1. The number of β-lactam (4-membered cyclic amide) rings is 1. The van der Waals surface area contributed by atoms with Crippen LogP contribution in [0.4, 0.5) is 0 Å². The van der Waals surface area contributed by atoms with Crippen molar-refractivity contribution in [1.29, 1.82) is 0 Å². The van der Waals surface area contributed by atoms with Crippen molar-refractivity contribution < 1.29 is 23.9 Å². The van der Waals surface area contributed by atoms with E-state index in [-0.39, 0.29) is 17.1 Å². The molecule has 4 rings (SSSR count). The molecule has 2 aromatic rings. The van der Waals surface area contributed by atoms with Crippen LogP contribution in [0, 0.1) is 0 Å². The van der Waals surface area contributed by atoms with Crippen LogP contribution in [0.1, 0.15) is 17.2 Å². The third-order valence-electron chi connectivity index (χ3n) is 5.39. The number of carbonyl (C=O) groups is 3. The summed E-state index contributed by atoms with van der Waals surface area (Å²) in [6, 6.07) is 18.0. The van der Waals surface area contributed by atoms with E-state index in [1.54, 1.807) is 0 Å². The van der Waals surface area contributed by atoms with Crippen molar-refractivity contribution in [1.82, 2.24) is 4.90 Å². The molecule has 0 aromatic heterocycles.